The van der Waals surface area contributed by atoms with Gasteiger partial charge >= 0.3 is 0 Å². The molecule has 0 aromatic rings. The zero-order chi connectivity index (χ0) is 12.9. The highest BCUT2D eigenvalue weighted by molar-refractivity contribution is 7.99. The molecule has 1 aliphatic heterocycles. The number of nitrogens with one attached hydrogen (secondary N) is 1. The van der Waals surface area contributed by atoms with Crippen molar-refractivity contribution in [2.24, 2.45) is 5.92 Å². The summed E-state index contributed by atoms with van der Waals surface area (Å²) in [6, 6.07) is 0.739. The van der Waals surface area contributed by atoms with Crippen LogP contribution in [0.2, 0.25) is 0 Å². The second-order valence-electron chi connectivity index (χ2n) is 6.03. The summed E-state index contributed by atoms with van der Waals surface area (Å²) in [5.74, 6) is 0.785. The van der Waals surface area contributed by atoms with Crippen LogP contribution in [0, 0.1) is 5.92 Å². The minimum absolute atomic E-state index is 0.392. The molecule has 0 aromatic carbocycles. The van der Waals surface area contributed by atoms with Gasteiger partial charge in [0.15, 0.2) is 0 Å². The van der Waals surface area contributed by atoms with Crippen LogP contribution in [0.3, 0.4) is 0 Å². The van der Waals surface area contributed by atoms with E-state index in [1.165, 1.54) is 39.0 Å². The van der Waals surface area contributed by atoms with Crippen LogP contribution in [-0.4, -0.2) is 48.1 Å². The van der Waals surface area contributed by atoms with Gasteiger partial charge in [-0.2, -0.15) is 11.8 Å². The highest BCUT2D eigenvalue weighted by Gasteiger charge is 2.28. The SMILES string of the molecule is CCCNC1CCN(CC(C)(C)SC)CC1C. The Morgan fingerprint density at radius 2 is 2.12 bits per heavy atom. The fraction of sp³-hybridized carbons (Fsp3) is 1.00. The lowest BCUT2D eigenvalue weighted by Crippen LogP contribution is -2.51. The lowest BCUT2D eigenvalue weighted by molar-refractivity contribution is 0.140. The third kappa shape index (κ3) is 5.19. The first-order valence-electron chi connectivity index (χ1n) is 6.99. The van der Waals surface area contributed by atoms with Crippen molar-refractivity contribution in [3.8, 4) is 0 Å². The molecule has 2 nitrogen and oxygen atoms in total. The molecule has 3 heteroatoms. The van der Waals surface area contributed by atoms with E-state index in [0.29, 0.717) is 4.75 Å². The van der Waals surface area contributed by atoms with Crippen molar-refractivity contribution in [1.82, 2.24) is 10.2 Å². The Kier molecular flexibility index (Phi) is 6.32. The second-order valence-corrected chi connectivity index (χ2v) is 7.54. The Labute approximate surface area is 112 Å². The van der Waals surface area contributed by atoms with Crippen molar-refractivity contribution in [2.75, 3.05) is 32.4 Å². The first-order chi connectivity index (χ1) is 7.98. The van der Waals surface area contributed by atoms with Gasteiger partial charge in [0.05, 0.1) is 0 Å². The quantitative estimate of drug-likeness (QED) is 0.789. The molecule has 17 heavy (non-hydrogen) atoms. The Morgan fingerprint density at radius 3 is 2.65 bits per heavy atom. The van der Waals surface area contributed by atoms with Gasteiger partial charge in [-0.3, -0.25) is 0 Å². The summed E-state index contributed by atoms with van der Waals surface area (Å²) in [6.07, 6.45) is 4.77. The fourth-order valence-corrected chi connectivity index (χ4v) is 2.92. The van der Waals surface area contributed by atoms with Gasteiger partial charge < -0.3 is 10.2 Å². The van der Waals surface area contributed by atoms with Gasteiger partial charge in [-0.25, -0.2) is 0 Å². The summed E-state index contributed by atoms with van der Waals surface area (Å²) < 4.78 is 0.392. The van der Waals surface area contributed by atoms with Crippen LogP contribution in [-0.2, 0) is 0 Å². The Bertz CT molecular complexity index is 218. The van der Waals surface area contributed by atoms with Crippen molar-refractivity contribution >= 4 is 11.8 Å². The monoisotopic (exact) mass is 258 g/mol. The molecule has 1 aliphatic rings. The van der Waals surface area contributed by atoms with E-state index in [1.54, 1.807) is 0 Å². The third-order valence-electron chi connectivity index (χ3n) is 3.80. The molecule has 1 N–H and O–H groups in total. The van der Waals surface area contributed by atoms with Crippen LogP contribution in [0.1, 0.15) is 40.5 Å². The van der Waals surface area contributed by atoms with E-state index in [2.05, 4.69) is 44.2 Å². The molecule has 1 fully saturated rings. The number of hydrogen-bond donors (Lipinski definition) is 1. The van der Waals surface area contributed by atoms with Crippen molar-refractivity contribution in [2.45, 2.75) is 51.3 Å². The number of rotatable bonds is 6. The maximum Gasteiger partial charge on any atom is 0.0227 e. The predicted molar refractivity (Wildman–Crippen MR) is 79.9 cm³/mol. The normalized spacial score (nSPS) is 27.4. The minimum atomic E-state index is 0.392. The first-order valence-corrected chi connectivity index (χ1v) is 8.22. The molecule has 0 amide bonds. The van der Waals surface area contributed by atoms with Crippen LogP contribution < -0.4 is 5.32 Å². The molecule has 102 valence electrons. The van der Waals surface area contributed by atoms with Crippen LogP contribution in [0.5, 0.6) is 0 Å². The summed E-state index contributed by atoms with van der Waals surface area (Å²) in [7, 11) is 0. The molecule has 0 saturated carbocycles. The number of piperidine rings is 1. The zero-order valence-electron chi connectivity index (χ0n) is 12.3. The van der Waals surface area contributed by atoms with Gasteiger partial charge in [0, 0.05) is 23.9 Å². The smallest absolute Gasteiger partial charge is 0.0227 e. The molecule has 1 heterocycles. The topological polar surface area (TPSA) is 15.3 Å². The molecule has 0 spiro atoms. The molecule has 2 atom stereocenters. The second kappa shape index (κ2) is 7.01. The van der Waals surface area contributed by atoms with Gasteiger partial charge in [0.2, 0.25) is 0 Å². The Hall–Kier alpha value is 0.270. The lowest BCUT2D eigenvalue weighted by atomic mass is 9.93. The summed E-state index contributed by atoms with van der Waals surface area (Å²) in [5, 5.41) is 3.69. The summed E-state index contributed by atoms with van der Waals surface area (Å²) in [6.45, 7) is 14.2. The number of hydrogen-bond acceptors (Lipinski definition) is 3. The summed E-state index contributed by atoms with van der Waals surface area (Å²) in [5.41, 5.74) is 0. The predicted octanol–water partition coefficient (Wildman–Crippen LogP) is 2.84. The van der Waals surface area contributed by atoms with E-state index in [0.717, 1.165) is 12.0 Å². The zero-order valence-corrected chi connectivity index (χ0v) is 13.1. The highest BCUT2D eigenvalue weighted by Crippen LogP contribution is 2.25. The van der Waals surface area contributed by atoms with E-state index < -0.39 is 0 Å². The molecule has 0 aliphatic carbocycles. The molecule has 2 unspecified atom stereocenters. The van der Waals surface area contributed by atoms with Crippen molar-refractivity contribution in [3.63, 3.8) is 0 Å². The van der Waals surface area contributed by atoms with Crippen LogP contribution in [0.4, 0.5) is 0 Å². The minimum Gasteiger partial charge on any atom is -0.314 e. The molecule has 1 rings (SSSR count). The number of thioether (sulfide) groups is 1. The Balaban J connectivity index is 2.36. The highest BCUT2D eigenvalue weighted by atomic mass is 32.2. The number of likely N-dealkylation sites (tertiary alicyclic amines) is 1. The molecule has 0 aromatic heterocycles. The van der Waals surface area contributed by atoms with Crippen molar-refractivity contribution in [1.29, 1.82) is 0 Å². The standard InChI is InChI=1S/C14H30N2S/c1-6-8-15-13-7-9-16(10-12(13)2)11-14(3,4)17-5/h12-13,15H,6-11H2,1-5H3. The third-order valence-corrected chi connectivity index (χ3v) is 5.04. The lowest BCUT2D eigenvalue weighted by Gasteiger charge is -2.40. The molecular formula is C14H30N2S. The maximum atomic E-state index is 3.69. The van der Waals surface area contributed by atoms with E-state index in [-0.39, 0.29) is 0 Å². The molecular weight excluding hydrogens is 228 g/mol. The average molecular weight is 258 g/mol. The van der Waals surface area contributed by atoms with Gasteiger partial charge in [-0.15, -0.1) is 0 Å². The van der Waals surface area contributed by atoms with Gasteiger partial charge in [-0.05, 0) is 52.0 Å². The molecule has 1 saturated heterocycles. The maximum absolute atomic E-state index is 3.69. The van der Waals surface area contributed by atoms with E-state index in [4.69, 9.17) is 0 Å². The fourth-order valence-electron chi connectivity index (χ4n) is 2.61. The number of nitrogens with zero attached hydrogens (tertiary/aromatic N) is 1. The molecule has 0 bridgehead atoms. The molecule has 0 radical (unpaired) electrons. The van der Waals surface area contributed by atoms with Crippen LogP contribution in [0.25, 0.3) is 0 Å². The van der Waals surface area contributed by atoms with E-state index in [1.807, 2.05) is 11.8 Å². The summed E-state index contributed by atoms with van der Waals surface area (Å²) >= 11 is 1.98. The van der Waals surface area contributed by atoms with Crippen molar-refractivity contribution < 1.29 is 0 Å². The first kappa shape index (κ1) is 15.3. The van der Waals surface area contributed by atoms with Crippen molar-refractivity contribution in [3.05, 3.63) is 0 Å². The summed E-state index contributed by atoms with van der Waals surface area (Å²) in [4.78, 5) is 2.64. The van der Waals surface area contributed by atoms with Gasteiger partial charge in [-0.1, -0.05) is 13.8 Å². The van der Waals surface area contributed by atoms with E-state index in [9.17, 15) is 0 Å². The van der Waals surface area contributed by atoms with E-state index >= 15 is 0 Å². The van der Waals surface area contributed by atoms with Crippen LogP contribution >= 0.6 is 11.8 Å². The Morgan fingerprint density at radius 1 is 1.41 bits per heavy atom. The average Bonchev–Trinajstić information content (AvgIpc) is 2.27. The van der Waals surface area contributed by atoms with Gasteiger partial charge in [0.1, 0.15) is 0 Å². The largest absolute Gasteiger partial charge is 0.314 e. The van der Waals surface area contributed by atoms with Crippen LogP contribution in [0.15, 0.2) is 0 Å². The van der Waals surface area contributed by atoms with Gasteiger partial charge in [0.25, 0.3) is 0 Å².